The maximum Gasteiger partial charge on any atom is 0.121 e. The van der Waals surface area contributed by atoms with Crippen LogP contribution >= 0.6 is 0 Å². The van der Waals surface area contributed by atoms with Crippen molar-refractivity contribution in [3.63, 3.8) is 0 Å². The standard InChI is InChI=1S/C19H25NO2/c1-4-12-21-18-10-8-16(9-11-18)14-20-17-6-5-7-19(13-17)22-15(2)3/h5-11,13,15,20H,4,12,14H2,1-3H3. The molecule has 2 aromatic rings. The van der Waals surface area contributed by atoms with E-state index < -0.39 is 0 Å². The van der Waals surface area contributed by atoms with Gasteiger partial charge in [0.1, 0.15) is 11.5 Å². The Balaban J connectivity index is 1.89. The number of anilines is 1. The third-order valence-corrected chi connectivity index (χ3v) is 3.10. The number of ether oxygens (including phenoxy) is 2. The zero-order valence-corrected chi connectivity index (χ0v) is 13.6. The molecule has 3 nitrogen and oxygen atoms in total. The lowest BCUT2D eigenvalue weighted by Gasteiger charge is -2.12. The van der Waals surface area contributed by atoms with Crippen molar-refractivity contribution in [3.8, 4) is 11.5 Å². The number of rotatable bonds is 8. The molecule has 118 valence electrons. The average Bonchev–Trinajstić information content (AvgIpc) is 2.52. The van der Waals surface area contributed by atoms with Gasteiger partial charge in [0.25, 0.3) is 0 Å². The Hall–Kier alpha value is -2.16. The van der Waals surface area contributed by atoms with Crippen LogP contribution in [0.25, 0.3) is 0 Å². The van der Waals surface area contributed by atoms with Crippen molar-refractivity contribution in [3.05, 3.63) is 54.1 Å². The summed E-state index contributed by atoms with van der Waals surface area (Å²) in [5.74, 6) is 1.82. The Morgan fingerprint density at radius 2 is 1.77 bits per heavy atom. The third kappa shape index (κ3) is 5.32. The highest BCUT2D eigenvalue weighted by molar-refractivity contribution is 5.48. The van der Waals surface area contributed by atoms with Gasteiger partial charge in [-0.05, 0) is 50.1 Å². The second kappa shape index (κ2) is 8.32. The molecule has 0 aliphatic rings. The summed E-state index contributed by atoms with van der Waals surface area (Å²) in [6, 6.07) is 16.3. The number of benzene rings is 2. The molecule has 0 saturated carbocycles. The SMILES string of the molecule is CCCOc1ccc(CNc2cccc(OC(C)C)c2)cc1. The van der Waals surface area contributed by atoms with E-state index in [1.807, 2.05) is 50.2 Å². The van der Waals surface area contributed by atoms with Crippen LogP contribution in [0.15, 0.2) is 48.5 Å². The van der Waals surface area contributed by atoms with E-state index in [9.17, 15) is 0 Å². The lowest BCUT2D eigenvalue weighted by molar-refractivity contribution is 0.242. The van der Waals surface area contributed by atoms with Crippen LogP contribution in [-0.4, -0.2) is 12.7 Å². The predicted octanol–water partition coefficient (Wildman–Crippen LogP) is 4.87. The van der Waals surface area contributed by atoms with E-state index >= 15 is 0 Å². The second-order valence-electron chi connectivity index (χ2n) is 5.54. The van der Waals surface area contributed by atoms with Gasteiger partial charge in [0.05, 0.1) is 12.7 Å². The number of hydrogen-bond donors (Lipinski definition) is 1. The van der Waals surface area contributed by atoms with Gasteiger partial charge in [0.2, 0.25) is 0 Å². The van der Waals surface area contributed by atoms with Crippen LogP contribution in [0, 0.1) is 0 Å². The van der Waals surface area contributed by atoms with Crippen LogP contribution in [0.5, 0.6) is 11.5 Å². The van der Waals surface area contributed by atoms with Gasteiger partial charge >= 0.3 is 0 Å². The number of nitrogens with one attached hydrogen (secondary N) is 1. The molecule has 0 saturated heterocycles. The summed E-state index contributed by atoms with van der Waals surface area (Å²) in [6.45, 7) is 7.71. The van der Waals surface area contributed by atoms with Gasteiger partial charge in [0, 0.05) is 18.3 Å². The van der Waals surface area contributed by atoms with Crippen molar-refractivity contribution in [2.24, 2.45) is 0 Å². The van der Waals surface area contributed by atoms with Crippen molar-refractivity contribution in [1.82, 2.24) is 0 Å². The molecule has 0 radical (unpaired) electrons. The third-order valence-electron chi connectivity index (χ3n) is 3.10. The molecule has 22 heavy (non-hydrogen) atoms. The Morgan fingerprint density at radius 3 is 2.45 bits per heavy atom. The molecule has 1 N–H and O–H groups in total. The molecule has 0 unspecified atom stereocenters. The van der Waals surface area contributed by atoms with E-state index in [0.29, 0.717) is 0 Å². The minimum Gasteiger partial charge on any atom is -0.494 e. The summed E-state index contributed by atoms with van der Waals surface area (Å²) >= 11 is 0. The smallest absolute Gasteiger partial charge is 0.121 e. The van der Waals surface area contributed by atoms with Gasteiger partial charge in [-0.2, -0.15) is 0 Å². The van der Waals surface area contributed by atoms with E-state index in [-0.39, 0.29) is 6.10 Å². The normalized spacial score (nSPS) is 10.5. The van der Waals surface area contributed by atoms with E-state index in [1.165, 1.54) is 5.56 Å². The monoisotopic (exact) mass is 299 g/mol. The van der Waals surface area contributed by atoms with E-state index in [0.717, 1.165) is 36.8 Å². The maximum absolute atomic E-state index is 5.70. The van der Waals surface area contributed by atoms with Crippen LogP contribution in [0.1, 0.15) is 32.8 Å². The maximum atomic E-state index is 5.70. The van der Waals surface area contributed by atoms with Crippen LogP contribution in [-0.2, 0) is 6.54 Å². The highest BCUT2D eigenvalue weighted by atomic mass is 16.5. The van der Waals surface area contributed by atoms with Crippen molar-refractivity contribution in [1.29, 1.82) is 0 Å². The van der Waals surface area contributed by atoms with Gasteiger partial charge in [-0.1, -0.05) is 25.1 Å². The topological polar surface area (TPSA) is 30.5 Å². The molecular formula is C19H25NO2. The van der Waals surface area contributed by atoms with Crippen molar-refractivity contribution in [2.75, 3.05) is 11.9 Å². The first-order chi connectivity index (χ1) is 10.7. The molecule has 0 amide bonds. The van der Waals surface area contributed by atoms with Crippen LogP contribution < -0.4 is 14.8 Å². The lowest BCUT2D eigenvalue weighted by atomic mass is 10.2. The van der Waals surface area contributed by atoms with Crippen LogP contribution in [0.2, 0.25) is 0 Å². The molecule has 2 rings (SSSR count). The summed E-state index contributed by atoms with van der Waals surface area (Å²) < 4.78 is 11.3. The minimum atomic E-state index is 0.186. The van der Waals surface area contributed by atoms with Crippen molar-refractivity contribution < 1.29 is 9.47 Å². The molecule has 0 aliphatic heterocycles. The Bertz CT molecular complexity index is 564. The van der Waals surface area contributed by atoms with E-state index in [1.54, 1.807) is 0 Å². The quantitative estimate of drug-likeness (QED) is 0.754. The summed E-state index contributed by atoms with van der Waals surface area (Å²) in [4.78, 5) is 0. The van der Waals surface area contributed by atoms with Gasteiger partial charge in [0.15, 0.2) is 0 Å². The Kier molecular flexibility index (Phi) is 6.13. The highest BCUT2D eigenvalue weighted by Crippen LogP contribution is 2.20. The molecule has 0 spiro atoms. The molecule has 0 aromatic heterocycles. The first-order valence-electron chi connectivity index (χ1n) is 7.89. The summed E-state index contributed by atoms with van der Waals surface area (Å²) in [5, 5.41) is 3.42. The zero-order chi connectivity index (χ0) is 15.8. The highest BCUT2D eigenvalue weighted by Gasteiger charge is 2.00. The molecule has 0 atom stereocenters. The first-order valence-corrected chi connectivity index (χ1v) is 7.89. The van der Waals surface area contributed by atoms with Crippen molar-refractivity contribution >= 4 is 5.69 Å². The molecule has 0 aliphatic carbocycles. The van der Waals surface area contributed by atoms with Gasteiger partial charge in [-0.3, -0.25) is 0 Å². The van der Waals surface area contributed by atoms with E-state index in [2.05, 4.69) is 24.4 Å². The lowest BCUT2D eigenvalue weighted by Crippen LogP contribution is -2.06. The Labute approximate surface area is 133 Å². The van der Waals surface area contributed by atoms with Crippen LogP contribution in [0.3, 0.4) is 0 Å². The molecular weight excluding hydrogens is 274 g/mol. The Morgan fingerprint density at radius 1 is 1.00 bits per heavy atom. The van der Waals surface area contributed by atoms with Crippen molar-refractivity contribution in [2.45, 2.75) is 39.8 Å². The number of hydrogen-bond acceptors (Lipinski definition) is 3. The molecule has 0 fully saturated rings. The first kappa shape index (κ1) is 16.2. The zero-order valence-electron chi connectivity index (χ0n) is 13.6. The van der Waals surface area contributed by atoms with E-state index in [4.69, 9.17) is 9.47 Å². The fraction of sp³-hybridized carbons (Fsp3) is 0.368. The van der Waals surface area contributed by atoms with Gasteiger partial charge < -0.3 is 14.8 Å². The molecule has 2 aromatic carbocycles. The second-order valence-corrected chi connectivity index (χ2v) is 5.54. The minimum absolute atomic E-state index is 0.186. The van der Waals surface area contributed by atoms with Gasteiger partial charge in [-0.15, -0.1) is 0 Å². The fourth-order valence-electron chi connectivity index (χ4n) is 2.08. The molecule has 0 bridgehead atoms. The van der Waals surface area contributed by atoms with Crippen LogP contribution in [0.4, 0.5) is 5.69 Å². The largest absolute Gasteiger partial charge is 0.494 e. The fourth-order valence-corrected chi connectivity index (χ4v) is 2.08. The summed E-state index contributed by atoms with van der Waals surface area (Å²) in [6.07, 6.45) is 1.21. The molecule has 0 heterocycles. The summed E-state index contributed by atoms with van der Waals surface area (Å²) in [5.41, 5.74) is 2.28. The predicted molar refractivity (Wildman–Crippen MR) is 91.8 cm³/mol. The average molecular weight is 299 g/mol. The summed E-state index contributed by atoms with van der Waals surface area (Å²) in [7, 11) is 0. The molecule has 3 heteroatoms. The van der Waals surface area contributed by atoms with Gasteiger partial charge in [-0.25, -0.2) is 0 Å².